The van der Waals surface area contributed by atoms with E-state index in [-0.39, 0.29) is 0 Å². The standard InChI is InChI=1S/C11H20O5Si/c1-4-15-17(12-3,16-5-2)8-6-7-13-9-11-10-14-11/h1,11H,5-10H2,2-3H3. The topological polar surface area (TPSA) is 49.5 Å². The van der Waals surface area contributed by atoms with Crippen LogP contribution in [0.2, 0.25) is 6.04 Å². The van der Waals surface area contributed by atoms with E-state index in [0.717, 1.165) is 13.0 Å². The molecule has 0 aromatic heterocycles. The summed E-state index contributed by atoms with van der Waals surface area (Å²) < 4.78 is 26.5. The van der Waals surface area contributed by atoms with Crippen LogP contribution in [0.25, 0.3) is 0 Å². The fraction of sp³-hybridized carbons (Fsp3) is 0.818. The Morgan fingerprint density at radius 3 is 2.82 bits per heavy atom. The Bertz CT molecular complexity index is 251. The van der Waals surface area contributed by atoms with Gasteiger partial charge in [-0.15, -0.1) is 0 Å². The summed E-state index contributed by atoms with van der Waals surface area (Å²) in [5.74, 6) is 0. The van der Waals surface area contributed by atoms with E-state index < -0.39 is 8.80 Å². The number of terminal acetylenes is 1. The SMILES string of the molecule is C#CO[Si](CCCOCC1CO1)(OC)OCC. The Morgan fingerprint density at radius 2 is 2.29 bits per heavy atom. The number of epoxide rings is 1. The van der Waals surface area contributed by atoms with Crippen LogP contribution < -0.4 is 0 Å². The van der Waals surface area contributed by atoms with E-state index in [1.165, 1.54) is 0 Å². The summed E-state index contributed by atoms with van der Waals surface area (Å²) in [5, 5.41) is 0. The molecule has 17 heavy (non-hydrogen) atoms. The first-order valence-corrected chi connectivity index (χ1v) is 7.71. The lowest BCUT2D eigenvalue weighted by Crippen LogP contribution is -2.43. The van der Waals surface area contributed by atoms with Crippen molar-refractivity contribution in [3.8, 4) is 12.5 Å². The summed E-state index contributed by atoms with van der Waals surface area (Å²) in [6.45, 7) is 4.53. The Labute approximate surface area is 104 Å². The van der Waals surface area contributed by atoms with Crippen molar-refractivity contribution in [1.82, 2.24) is 0 Å². The molecule has 1 aliphatic rings. The normalized spacial score (nSPS) is 21.6. The second-order valence-electron chi connectivity index (χ2n) is 3.67. The first-order chi connectivity index (χ1) is 8.26. The Hall–Kier alpha value is -0.583. The lowest BCUT2D eigenvalue weighted by molar-refractivity contribution is 0.101. The summed E-state index contributed by atoms with van der Waals surface area (Å²) in [4.78, 5) is 0. The van der Waals surface area contributed by atoms with Crippen molar-refractivity contribution in [2.75, 3.05) is 33.5 Å². The van der Waals surface area contributed by atoms with Crippen molar-refractivity contribution in [2.45, 2.75) is 25.5 Å². The van der Waals surface area contributed by atoms with Gasteiger partial charge in [0.05, 0.1) is 19.3 Å². The van der Waals surface area contributed by atoms with Crippen LogP contribution >= 0.6 is 0 Å². The minimum absolute atomic E-state index is 0.299. The van der Waals surface area contributed by atoms with Crippen LogP contribution in [0, 0.1) is 12.5 Å². The zero-order valence-electron chi connectivity index (χ0n) is 10.4. The predicted molar refractivity (Wildman–Crippen MR) is 64.3 cm³/mol. The molecule has 0 aromatic rings. The molecule has 0 N–H and O–H groups in total. The number of ether oxygens (including phenoxy) is 2. The minimum atomic E-state index is -2.68. The van der Waals surface area contributed by atoms with Gasteiger partial charge in [-0.05, 0) is 13.3 Å². The molecule has 1 aliphatic heterocycles. The van der Waals surface area contributed by atoms with Gasteiger partial charge >= 0.3 is 8.80 Å². The second kappa shape index (κ2) is 7.69. The monoisotopic (exact) mass is 260 g/mol. The summed E-state index contributed by atoms with van der Waals surface area (Å²) in [6, 6.07) is 0.660. The highest BCUT2D eigenvalue weighted by molar-refractivity contribution is 6.61. The highest BCUT2D eigenvalue weighted by Crippen LogP contribution is 2.17. The second-order valence-corrected chi connectivity index (χ2v) is 6.44. The largest absolute Gasteiger partial charge is 0.574 e. The highest BCUT2D eigenvalue weighted by atomic mass is 28.4. The molecule has 6 heteroatoms. The molecule has 5 nitrogen and oxygen atoms in total. The van der Waals surface area contributed by atoms with Gasteiger partial charge in [0, 0.05) is 26.4 Å². The molecule has 0 radical (unpaired) electrons. The van der Waals surface area contributed by atoms with Crippen LogP contribution in [-0.2, 0) is 22.8 Å². The highest BCUT2D eigenvalue weighted by Gasteiger charge is 2.41. The molecule has 1 saturated heterocycles. The minimum Gasteiger partial charge on any atom is -0.451 e. The molecule has 0 aliphatic carbocycles. The van der Waals surface area contributed by atoms with E-state index in [9.17, 15) is 0 Å². The molecule has 2 atom stereocenters. The number of rotatable bonds is 10. The Balaban J connectivity index is 2.18. The van der Waals surface area contributed by atoms with Crippen LogP contribution in [0.15, 0.2) is 0 Å². The summed E-state index contributed by atoms with van der Waals surface area (Å²) in [6.07, 6.45) is 8.42. The third-order valence-corrected chi connectivity index (χ3v) is 5.11. The van der Waals surface area contributed by atoms with E-state index >= 15 is 0 Å². The van der Waals surface area contributed by atoms with Gasteiger partial charge in [0.25, 0.3) is 0 Å². The van der Waals surface area contributed by atoms with Crippen molar-refractivity contribution < 1.29 is 22.8 Å². The third kappa shape index (κ3) is 5.52. The van der Waals surface area contributed by atoms with Gasteiger partial charge in [-0.1, -0.05) is 6.42 Å². The number of hydrogen-bond donors (Lipinski definition) is 0. The maximum absolute atomic E-state index is 5.53. The van der Waals surface area contributed by atoms with Crippen LogP contribution in [-0.4, -0.2) is 48.4 Å². The first kappa shape index (κ1) is 14.5. The molecular formula is C11H20O5Si. The number of hydrogen-bond acceptors (Lipinski definition) is 5. The maximum atomic E-state index is 5.53. The average Bonchev–Trinajstić information content (AvgIpc) is 3.13. The molecule has 2 unspecified atom stereocenters. The third-order valence-electron chi connectivity index (χ3n) is 2.37. The molecule has 1 fully saturated rings. The van der Waals surface area contributed by atoms with Crippen molar-refractivity contribution in [3.63, 3.8) is 0 Å². The lowest BCUT2D eigenvalue weighted by Gasteiger charge is -2.24. The average molecular weight is 260 g/mol. The first-order valence-electron chi connectivity index (χ1n) is 5.78. The molecule has 0 spiro atoms. The van der Waals surface area contributed by atoms with Crippen LogP contribution in [0.5, 0.6) is 0 Å². The zero-order chi connectivity index (χ0) is 12.6. The van der Waals surface area contributed by atoms with Gasteiger partial charge in [0.1, 0.15) is 6.10 Å². The van der Waals surface area contributed by atoms with Gasteiger partial charge in [0.2, 0.25) is 0 Å². The van der Waals surface area contributed by atoms with Crippen LogP contribution in [0.1, 0.15) is 13.3 Å². The van der Waals surface area contributed by atoms with Crippen molar-refractivity contribution in [3.05, 3.63) is 0 Å². The molecule has 0 saturated carbocycles. The van der Waals surface area contributed by atoms with Gasteiger partial charge in [0.15, 0.2) is 0 Å². The molecule has 1 rings (SSSR count). The van der Waals surface area contributed by atoms with E-state index in [1.807, 2.05) is 6.92 Å². The van der Waals surface area contributed by atoms with Crippen molar-refractivity contribution in [2.24, 2.45) is 0 Å². The molecule has 98 valence electrons. The van der Waals surface area contributed by atoms with Crippen molar-refractivity contribution in [1.29, 1.82) is 0 Å². The van der Waals surface area contributed by atoms with Crippen LogP contribution in [0.3, 0.4) is 0 Å². The molecule has 0 aromatic carbocycles. The molecule has 0 bridgehead atoms. The molecule has 1 heterocycles. The van der Waals surface area contributed by atoms with E-state index in [4.69, 9.17) is 29.2 Å². The van der Waals surface area contributed by atoms with Crippen molar-refractivity contribution >= 4 is 8.80 Å². The molecular weight excluding hydrogens is 240 g/mol. The summed E-state index contributed by atoms with van der Waals surface area (Å²) >= 11 is 0. The Kier molecular flexibility index (Phi) is 6.55. The zero-order valence-corrected chi connectivity index (χ0v) is 11.4. The van der Waals surface area contributed by atoms with Gasteiger partial charge in [-0.2, -0.15) is 0 Å². The Morgan fingerprint density at radius 1 is 1.53 bits per heavy atom. The summed E-state index contributed by atoms with van der Waals surface area (Å²) in [5.41, 5.74) is 0. The van der Waals surface area contributed by atoms with E-state index in [1.54, 1.807) is 7.11 Å². The van der Waals surface area contributed by atoms with Gasteiger partial charge in [-0.3, -0.25) is 0 Å². The molecule has 0 amide bonds. The maximum Gasteiger partial charge on any atom is 0.574 e. The smallest absolute Gasteiger partial charge is 0.451 e. The lowest BCUT2D eigenvalue weighted by atomic mass is 10.5. The van der Waals surface area contributed by atoms with Crippen LogP contribution in [0.4, 0.5) is 0 Å². The summed E-state index contributed by atoms with van der Waals surface area (Å²) in [7, 11) is -1.11. The predicted octanol–water partition coefficient (Wildman–Crippen LogP) is 1.02. The van der Waals surface area contributed by atoms with Gasteiger partial charge < -0.3 is 22.8 Å². The van der Waals surface area contributed by atoms with E-state index in [0.29, 0.717) is 32.0 Å². The quantitative estimate of drug-likeness (QED) is 0.254. The van der Waals surface area contributed by atoms with E-state index in [2.05, 4.69) is 6.11 Å². The fourth-order valence-corrected chi connectivity index (χ4v) is 3.34. The fourth-order valence-electron chi connectivity index (χ4n) is 1.43. The van der Waals surface area contributed by atoms with Gasteiger partial charge in [-0.25, -0.2) is 0 Å².